The normalized spacial score (nSPS) is 11.6. The van der Waals surface area contributed by atoms with Crippen LogP contribution in [0.5, 0.6) is 0 Å². The molecule has 0 fully saturated rings. The largest absolute Gasteiger partial charge is 0.325 e. The lowest BCUT2D eigenvalue weighted by Crippen LogP contribution is -2.24. The molecule has 0 aliphatic heterocycles. The van der Waals surface area contributed by atoms with Crippen LogP contribution in [-0.4, -0.2) is 33.0 Å². The number of benzene rings is 2. The number of nitrogens with one attached hydrogen (secondary N) is 2. The van der Waals surface area contributed by atoms with Gasteiger partial charge in [0.05, 0.1) is 5.25 Å². The molecule has 0 saturated heterocycles. The number of anilines is 2. The topological polar surface area (TPSA) is 101 Å². The first kappa shape index (κ1) is 23.6. The zero-order valence-corrected chi connectivity index (χ0v) is 19.5. The molecule has 2 aromatic carbocycles. The first-order chi connectivity index (χ1) is 15.4. The summed E-state index contributed by atoms with van der Waals surface area (Å²) in [5.41, 5.74) is 2.32. The second-order valence-corrected chi connectivity index (χ2v) is 9.47. The standard InChI is InChI=1S/C23H24N4O3S2/c1-3-19(21(30)24-18-12-10-17(11-13-18)15(2)28)31-23-27-26-22(32-23)25-20(29)14-9-16-7-5-4-6-8-16/h4-8,10-13,19H,3,9,14H2,1-2H3,(H,24,30)(H,25,26,29)/t19-/m0/s1. The third-order valence-corrected chi connectivity index (χ3v) is 6.89. The highest BCUT2D eigenvalue weighted by molar-refractivity contribution is 8.02. The van der Waals surface area contributed by atoms with Crippen LogP contribution in [0.15, 0.2) is 58.9 Å². The number of carbonyl (C=O) groups is 3. The Morgan fingerprint density at radius 2 is 1.72 bits per heavy atom. The van der Waals surface area contributed by atoms with Gasteiger partial charge in [0.1, 0.15) is 0 Å². The van der Waals surface area contributed by atoms with E-state index in [4.69, 9.17) is 0 Å². The van der Waals surface area contributed by atoms with Crippen LogP contribution >= 0.6 is 23.1 Å². The van der Waals surface area contributed by atoms with Crippen molar-refractivity contribution in [3.05, 3.63) is 65.7 Å². The number of hydrogen-bond donors (Lipinski definition) is 2. The van der Waals surface area contributed by atoms with Crippen LogP contribution in [0.25, 0.3) is 0 Å². The predicted octanol–water partition coefficient (Wildman–Crippen LogP) is 4.82. The summed E-state index contributed by atoms with van der Waals surface area (Å²) in [6.45, 7) is 3.42. The summed E-state index contributed by atoms with van der Waals surface area (Å²) in [7, 11) is 0. The minimum Gasteiger partial charge on any atom is -0.325 e. The Morgan fingerprint density at radius 3 is 2.38 bits per heavy atom. The number of rotatable bonds is 10. The summed E-state index contributed by atoms with van der Waals surface area (Å²) in [6.07, 6.45) is 1.60. The zero-order chi connectivity index (χ0) is 22.9. The van der Waals surface area contributed by atoms with E-state index in [1.165, 1.54) is 30.0 Å². The van der Waals surface area contributed by atoms with Gasteiger partial charge in [0.15, 0.2) is 10.1 Å². The molecule has 0 aliphatic rings. The molecule has 3 rings (SSSR count). The number of Topliss-reactive ketones (excluding diaryl/α,β-unsaturated/α-hetero) is 1. The maximum atomic E-state index is 12.7. The van der Waals surface area contributed by atoms with Crippen molar-refractivity contribution < 1.29 is 14.4 Å². The van der Waals surface area contributed by atoms with E-state index >= 15 is 0 Å². The Bertz CT molecular complexity index is 1070. The first-order valence-electron chi connectivity index (χ1n) is 10.2. The summed E-state index contributed by atoms with van der Waals surface area (Å²) >= 11 is 2.56. The molecule has 32 heavy (non-hydrogen) atoms. The molecule has 166 valence electrons. The lowest BCUT2D eigenvalue weighted by atomic mass is 10.1. The van der Waals surface area contributed by atoms with Crippen molar-refractivity contribution in [2.24, 2.45) is 0 Å². The molecule has 0 spiro atoms. The van der Waals surface area contributed by atoms with E-state index in [0.717, 1.165) is 5.56 Å². The van der Waals surface area contributed by atoms with Gasteiger partial charge in [-0.15, -0.1) is 10.2 Å². The molecule has 1 aromatic heterocycles. The van der Waals surface area contributed by atoms with E-state index in [0.29, 0.717) is 40.0 Å². The molecule has 0 aliphatic carbocycles. The summed E-state index contributed by atoms with van der Waals surface area (Å²) in [4.78, 5) is 36.2. The highest BCUT2D eigenvalue weighted by Gasteiger charge is 2.21. The van der Waals surface area contributed by atoms with Crippen molar-refractivity contribution in [2.75, 3.05) is 10.6 Å². The highest BCUT2D eigenvalue weighted by Crippen LogP contribution is 2.31. The molecule has 0 unspecified atom stereocenters. The minimum atomic E-state index is -0.364. The van der Waals surface area contributed by atoms with E-state index < -0.39 is 0 Å². The summed E-state index contributed by atoms with van der Waals surface area (Å²) < 4.78 is 0.609. The molecule has 2 N–H and O–H groups in total. The number of nitrogens with zero attached hydrogens (tertiary/aromatic N) is 2. The Labute approximate surface area is 195 Å². The van der Waals surface area contributed by atoms with Crippen LogP contribution < -0.4 is 10.6 Å². The number of ketones is 1. The van der Waals surface area contributed by atoms with Gasteiger partial charge < -0.3 is 10.6 Å². The molecule has 0 saturated carbocycles. The Balaban J connectivity index is 1.51. The van der Waals surface area contributed by atoms with Crippen molar-refractivity contribution >= 4 is 51.5 Å². The number of hydrogen-bond acceptors (Lipinski definition) is 7. The average molecular weight is 469 g/mol. The maximum Gasteiger partial charge on any atom is 0.237 e. The van der Waals surface area contributed by atoms with Gasteiger partial charge in [-0.25, -0.2) is 0 Å². The van der Waals surface area contributed by atoms with Gasteiger partial charge in [-0.3, -0.25) is 14.4 Å². The van der Waals surface area contributed by atoms with Crippen LogP contribution in [0, 0.1) is 0 Å². The van der Waals surface area contributed by atoms with E-state index in [-0.39, 0.29) is 22.8 Å². The fourth-order valence-electron chi connectivity index (χ4n) is 2.85. The lowest BCUT2D eigenvalue weighted by molar-refractivity contribution is -0.116. The van der Waals surface area contributed by atoms with Crippen LogP contribution in [0.3, 0.4) is 0 Å². The summed E-state index contributed by atoms with van der Waals surface area (Å²) in [6, 6.07) is 16.6. The van der Waals surface area contributed by atoms with Crippen molar-refractivity contribution in [1.29, 1.82) is 0 Å². The van der Waals surface area contributed by atoms with Gasteiger partial charge in [-0.2, -0.15) is 0 Å². The number of aromatic nitrogens is 2. The highest BCUT2D eigenvalue weighted by atomic mass is 32.2. The fraction of sp³-hybridized carbons (Fsp3) is 0.261. The monoisotopic (exact) mass is 468 g/mol. The maximum absolute atomic E-state index is 12.7. The van der Waals surface area contributed by atoms with E-state index in [1.807, 2.05) is 37.3 Å². The second-order valence-electron chi connectivity index (χ2n) is 7.04. The molecular formula is C23H24N4O3S2. The van der Waals surface area contributed by atoms with Gasteiger partial charge in [0, 0.05) is 17.7 Å². The minimum absolute atomic E-state index is 0.0240. The van der Waals surface area contributed by atoms with E-state index in [2.05, 4.69) is 20.8 Å². The molecule has 3 aromatic rings. The Morgan fingerprint density at radius 1 is 1.00 bits per heavy atom. The molecular weight excluding hydrogens is 444 g/mol. The van der Waals surface area contributed by atoms with Crippen LogP contribution in [0.1, 0.15) is 42.6 Å². The molecule has 0 radical (unpaired) electrons. The quantitative estimate of drug-likeness (QED) is 0.251. The number of amides is 2. The van der Waals surface area contributed by atoms with Crippen LogP contribution in [-0.2, 0) is 16.0 Å². The number of thioether (sulfide) groups is 1. The third-order valence-electron chi connectivity index (χ3n) is 4.60. The van der Waals surface area contributed by atoms with Crippen LogP contribution in [0.4, 0.5) is 10.8 Å². The zero-order valence-electron chi connectivity index (χ0n) is 17.8. The Hall–Kier alpha value is -3.04. The lowest BCUT2D eigenvalue weighted by Gasteiger charge is -2.13. The fourth-order valence-corrected chi connectivity index (χ4v) is 4.78. The van der Waals surface area contributed by atoms with Crippen molar-refractivity contribution in [3.8, 4) is 0 Å². The number of aryl methyl sites for hydroxylation is 1. The smallest absolute Gasteiger partial charge is 0.237 e. The average Bonchev–Trinajstić information content (AvgIpc) is 3.23. The van der Waals surface area contributed by atoms with Crippen molar-refractivity contribution in [3.63, 3.8) is 0 Å². The van der Waals surface area contributed by atoms with Gasteiger partial charge in [-0.05, 0) is 49.6 Å². The molecule has 2 amide bonds. The summed E-state index contributed by atoms with van der Waals surface area (Å²) in [5.74, 6) is -0.304. The second kappa shape index (κ2) is 11.5. The van der Waals surface area contributed by atoms with Gasteiger partial charge in [0.25, 0.3) is 0 Å². The third kappa shape index (κ3) is 7.00. The molecule has 1 heterocycles. The molecule has 0 bridgehead atoms. The molecule has 9 heteroatoms. The van der Waals surface area contributed by atoms with E-state index in [9.17, 15) is 14.4 Å². The van der Waals surface area contributed by atoms with Gasteiger partial charge in [0.2, 0.25) is 16.9 Å². The molecule has 7 nitrogen and oxygen atoms in total. The van der Waals surface area contributed by atoms with Gasteiger partial charge in [-0.1, -0.05) is 60.4 Å². The first-order valence-corrected chi connectivity index (χ1v) is 11.9. The SMILES string of the molecule is CC[C@H](Sc1nnc(NC(=O)CCc2ccccc2)s1)C(=O)Nc1ccc(C(C)=O)cc1. The van der Waals surface area contributed by atoms with Crippen molar-refractivity contribution in [1.82, 2.24) is 10.2 Å². The van der Waals surface area contributed by atoms with Gasteiger partial charge >= 0.3 is 0 Å². The van der Waals surface area contributed by atoms with Crippen molar-refractivity contribution in [2.45, 2.75) is 42.7 Å². The number of carbonyl (C=O) groups excluding carboxylic acids is 3. The van der Waals surface area contributed by atoms with Crippen LogP contribution in [0.2, 0.25) is 0 Å². The Kier molecular flexibility index (Phi) is 8.52. The predicted molar refractivity (Wildman–Crippen MR) is 128 cm³/mol. The summed E-state index contributed by atoms with van der Waals surface area (Å²) in [5, 5.41) is 13.8. The molecule has 1 atom stereocenters. The van der Waals surface area contributed by atoms with E-state index in [1.54, 1.807) is 24.3 Å².